The molecule has 1 aliphatic heterocycles. The van der Waals surface area contributed by atoms with Gasteiger partial charge in [-0.2, -0.15) is 0 Å². The number of amides is 3. The molecular weight excluding hydrogens is 478 g/mol. The second-order valence-electron chi connectivity index (χ2n) is 11.0. The third-order valence-corrected chi connectivity index (χ3v) is 6.90. The van der Waals surface area contributed by atoms with Crippen LogP contribution in [0.1, 0.15) is 68.1 Å². The number of carbonyl (C=O) groups is 3. The predicted octanol–water partition coefficient (Wildman–Crippen LogP) is 6.22. The number of ether oxygens (including phenoxy) is 1. The second kappa shape index (κ2) is 11.3. The molecule has 0 aliphatic carbocycles. The molecule has 4 rings (SSSR count). The quantitative estimate of drug-likeness (QED) is 0.422. The zero-order valence-electron chi connectivity index (χ0n) is 22.8. The van der Waals surface area contributed by atoms with Gasteiger partial charge in [0.15, 0.2) is 0 Å². The Morgan fingerprint density at radius 3 is 2.37 bits per heavy atom. The number of hydrogen-bond donors (Lipinski definition) is 2. The molecule has 0 spiro atoms. The van der Waals surface area contributed by atoms with Crippen molar-refractivity contribution in [2.75, 3.05) is 18.4 Å². The summed E-state index contributed by atoms with van der Waals surface area (Å²) in [5.41, 5.74) is 2.44. The molecule has 1 fully saturated rings. The number of anilines is 1. The normalized spacial score (nSPS) is 15.1. The van der Waals surface area contributed by atoms with Crippen LogP contribution in [0.3, 0.4) is 0 Å². The SMILES string of the molecule is Cc1ccc(NC(=O)C2CCN(C(=O)OC(C)(C)C)CC2)cc1C(=O)NC(C)c1cccc2ccccc12. The minimum Gasteiger partial charge on any atom is -0.444 e. The van der Waals surface area contributed by atoms with E-state index in [-0.39, 0.29) is 29.9 Å². The molecule has 0 aromatic heterocycles. The summed E-state index contributed by atoms with van der Waals surface area (Å²) in [6.45, 7) is 10.3. The van der Waals surface area contributed by atoms with Crippen molar-refractivity contribution in [3.05, 3.63) is 77.4 Å². The first-order valence-electron chi connectivity index (χ1n) is 13.2. The van der Waals surface area contributed by atoms with Crippen molar-refractivity contribution in [2.24, 2.45) is 5.92 Å². The fourth-order valence-corrected chi connectivity index (χ4v) is 4.82. The number of piperidine rings is 1. The first-order chi connectivity index (χ1) is 18.0. The highest BCUT2D eigenvalue weighted by atomic mass is 16.6. The van der Waals surface area contributed by atoms with Gasteiger partial charge >= 0.3 is 6.09 Å². The van der Waals surface area contributed by atoms with Gasteiger partial charge in [-0.25, -0.2) is 4.79 Å². The van der Waals surface area contributed by atoms with Crippen LogP contribution in [0.4, 0.5) is 10.5 Å². The Morgan fingerprint density at radius 1 is 0.974 bits per heavy atom. The van der Waals surface area contributed by atoms with Crippen molar-refractivity contribution in [1.29, 1.82) is 0 Å². The predicted molar refractivity (Wildman–Crippen MR) is 150 cm³/mol. The Balaban J connectivity index is 1.38. The maximum absolute atomic E-state index is 13.3. The third-order valence-electron chi connectivity index (χ3n) is 6.90. The summed E-state index contributed by atoms with van der Waals surface area (Å²) in [5.74, 6) is -0.503. The highest BCUT2D eigenvalue weighted by Gasteiger charge is 2.30. The largest absolute Gasteiger partial charge is 0.444 e. The lowest BCUT2D eigenvalue weighted by Crippen LogP contribution is -2.43. The van der Waals surface area contributed by atoms with E-state index in [1.807, 2.05) is 71.0 Å². The van der Waals surface area contributed by atoms with E-state index >= 15 is 0 Å². The Labute approximate surface area is 224 Å². The number of benzene rings is 3. The molecule has 0 bridgehead atoms. The van der Waals surface area contributed by atoms with Gasteiger partial charge in [0.1, 0.15) is 5.60 Å². The minimum absolute atomic E-state index is 0.104. The standard InChI is InChI=1S/C31H37N3O4/c1-20-13-14-24(33-28(35)23-15-17-34(18-16-23)30(37)38-31(3,4)5)19-27(20)29(36)32-21(2)25-12-8-10-22-9-6-7-11-26(22)25/h6-14,19,21,23H,15-18H2,1-5H3,(H,32,36)(H,33,35). The van der Waals surface area contributed by atoms with Crippen molar-refractivity contribution in [3.8, 4) is 0 Å². The van der Waals surface area contributed by atoms with Crippen molar-refractivity contribution in [3.63, 3.8) is 0 Å². The molecule has 7 heteroatoms. The number of rotatable bonds is 5. The van der Waals surface area contributed by atoms with Gasteiger partial charge in [-0.05, 0) is 81.5 Å². The number of fused-ring (bicyclic) bond motifs is 1. The molecule has 1 atom stereocenters. The molecule has 0 saturated carbocycles. The van der Waals surface area contributed by atoms with Crippen LogP contribution in [0.2, 0.25) is 0 Å². The smallest absolute Gasteiger partial charge is 0.410 e. The molecule has 2 N–H and O–H groups in total. The average molecular weight is 516 g/mol. The van der Waals surface area contributed by atoms with E-state index in [1.54, 1.807) is 11.0 Å². The maximum atomic E-state index is 13.3. The van der Waals surface area contributed by atoms with Crippen molar-refractivity contribution < 1.29 is 19.1 Å². The lowest BCUT2D eigenvalue weighted by molar-refractivity contribution is -0.121. The van der Waals surface area contributed by atoms with Crippen LogP contribution in [-0.2, 0) is 9.53 Å². The van der Waals surface area contributed by atoms with E-state index in [2.05, 4.69) is 28.8 Å². The highest BCUT2D eigenvalue weighted by Crippen LogP contribution is 2.26. The molecule has 0 radical (unpaired) electrons. The lowest BCUT2D eigenvalue weighted by Gasteiger charge is -2.33. The number of aryl methyl sites for hydroxylation is 1. The van der Waals surface area contributed by atoms with E-state index < -0.39 is 5.60 Å². The van der Waals surface area contributed by atoms with Crippen LogP contribution in [0, 0.1) is 12.8 Å². The van der Waals surface area contributed by atoms with Crippen LogP contribution >= 0.6 is 0 Å². The monoisotopic (exact) mass is 515 g/mol. The zero-order chi connectivity index (χ0) is 27.4. The molecular formula is C31H37N3O4. The summed E-state index contributed by atoms with van der Waals surface area (Å²) in [4.78, 5) is 40.2. The molecule has 7 nitrogen and oxygen atoms in total. The molecule has 3 amide bonds. The summed E-state index contributed by atoms with van der Waals surface area (Å²) in [7, 11) is 0. The first-order valence-corrected chi connectivity index (χ1v) is 13.2. The van der Waals surface area contributed by atoms with E-state index in [1.165, 1.54) is 0 Å². The molecule has 3 aromatic rings. The van der Waals surface area contributed by atoms with Crippen LogP contribution in [0.25, 0.3) is 10.8 Å². The summed E-state index contributed by atoms with van der Waals surface area (Å²) in [6.07, 6.45) is 0.780. The number of nitrogens with one attached hydrogen (secondary N) is 2. The van der Waals surface area contributed by atoms with Crippen LogP contribution < -0.4 is 10.6 Å². The number of carbonyl (C=O) groups excluding carboxylic acids is 3. The van der Waals surface area contributed by atoms with Crippen molar-refractivity contribution in [1.82, 2.24) is 10.2 Å². The van der Waals surface area contributed by atoms with Gasteiger partial charge < -0.3 is 20.3 Å². The van der Waals surface area contributed by atoms with Gasteiger partial charge in [-0.3, -0.25) is 9.59 Å². The Morgan fingerprint density at radius 2 is 1.66 bits per heavy atom. The second-order valence-corrected chi connectivity index (χ2v) is 11.0. The Hall–Kier alpha value is -3.87. The summed E-state index contributed by atoms with van der Waals surface area (Å²) in [5, 5.41) is 8.33. The molecule has 1 saturated heterocycles. The van der Waals surface area contributed by atoms with Gasteiger partial charge in [0.25, 0.3) is 5.91 Å². The van der Waals surface area contributed by atoms with Gasteiger partial charge in [0.05, 0.1) is 6.04 Å². The third kappa shape index (κ3) is 6.52. The number of nitrogens with zero attached hydrogens (tertiary/aromatic N) is 1. The van der Waals surface area contributed by atoms with Gasteiger partial charge in [0, 0.05) is 30.3 Å². The number of likely N-dealkylation sites (tertiary alicyclic amines) is 1. The van der Waals surface area contributed by atoms with Crippen molar-refractivity contribution in [2.45, 2.75) is 59.1 Å². The topological polar surface area (TPSA) is 87.7 Å². The highest BCUT2D eigenvalue weighted by molar-refractivity contribution is 5.99. The van der Waals surface area contributed by atoms with Crippen LogP contribution in [0.15, 0.2) is 60.7 Å². The van der Waals surface area contributed by atoms with E-state index in [0.717, 1.165) is 21.9 Å². The zero-order valence-corrected chi connectivity index (χ0v) is 22.8. The minimum atomic E-state index is -0.548. The summed E-state index contributed by atoms with van der Waals surface area (Å²) < 4.78 is 5.44. The van der Waals surface area contributed by atoms with Gasteiger partial charge in [-0.1, -0.05) is 48.5 Å². The van der Waals surface area contributed by atoms with Crippen LogP contribution in [-0.4, -0.2) is 41.5 Å². The maximum Gasteiger partial charge on any atom is 0.410 e. The Kier molecular flexibility index (Phi) is 8.05. The molecule has 3 aromatic carbocycles. The van der Waals surface area contributed by atoms with Gasteiger partial charge in [0.2, 0.25) is 5.91 Å². The van der Waals surface area contributed by atoms with Gasteiger partial charge in [-0.15, -0.1) is 0 Å². The fraction of sp³-hybridized carbons (Fsp3) is 0.387. The fourth-order valence-electron chi connectivity index (χ4n) is 4.82. The van der Waals surface area contributed by atoms with Crippen molar-refractivity contribution >= 4 is 34.4 Å². The van der Waals surface area contributed by atoms with E-state index in [0.29, 0.717) is 37.2 Å². The molecule has 200 valence electrons. The molecule has 38 heavy (non-hydrogen) atoms. The summed E-state index contributed by atoms with van der Waals surface area (Å²) in [6, 6.07) is 19.4. The summed E-state index contributed by atoms with van der Waals surface area (Å²) >= 11 is 0. The average Bonchev–Trinajstić information content (AvgIpc) is 2.88. The molecule has 1 unspecified atom stereocenters. The van der Waals surface area contributed by atoms with E-state index in [9.17, 15) is 14.4 Å². The first kappa shape index (κ1) is 27.2. The van der Waals surface area contributed by atoms with Crippen LogP contribution in [0.5, 0.6) is 0 Å². The Bertz CT molecular complexity index is 1330. The lowest BCUT2D eigenvalue weighted by atomic mass is 9.96. The molecule has 1 aliphatic rings. The number of hydrogen-bond acceptors (Lipinski definition) is 4. The van der Waals surface area contributed by atoms with E-state index in [4.69, 9.17) is 4.74 Å². The molecule has 1 heterocycles.